The highest BCUT2D eigenvalue weighted by Gasteiger charge is 2.35. The summed E-state index contributed by atoms with van der Waals surface area (Å²) < 4.78 is 0. The first-order valence-electron chi connectivity index (χ1n) is 7.56. The summed E-state index contributed by atoms with van der Waals surface area (Å²) >= 11 is 0. The lowest BCUT2D eigenvalue weighted by Gasteiger charge is -2.34. The van der Waals surface area contributed by atoms with Gasteiger partial charge < -0.3 is 10.4 Å². The van der Waals surface area contributed by atoms with Gasteiger partial charge in [0, 0.05) is 26.2 Å². The van der Waals surface area contributed by atoms with E-state index in [4.69, 9.17) is 0 Å². The maximum atomic E-state index is 10.0. The highest BCUT2D eigenvalue weighted by molar-refractivity contribution is 4.90. The van der Waals surface area contributed by atoms with Crippen molar-refractivity contribution in [2.24, 2.45) is 5.41 Å². The predicted molar refractivity (Wildman–Crippen MR) is 77.9 cm³/mol. The van der Waals surface area contributed by atoms with Crippen molar-refractivity contribution in [1.29, 1.82) is 0 Å². The van der Waals surface area contributed by atoms with E-state index in [1.807, 2.05) is 6.92 Å². The Morgan fingerprint density at radius 3 is 2.56 bits per heavy atom. The molecule has 18 heavy (non-hydrogen) atoms. The highest BCUT2D eigenvalue weighted by atomic mass is 16.3. The van der Waals surface area contributed by atoms with Gasteiger partial charge in [0.1, 0.15) is 0 Å². The molecule has 0 saturated carbocycles. The Morgan fingerprint density at radius 2 is 2.06 bits per heavy atom. The van der Waals surface area contributed by atoms with Crippen LogP contribution < -0.4 is 5.32 Å². The summed E-state index contributed by atoms with van der Waals surface area (Å²) in [4.78, 5) is 2.43. The summed E-state index contributed by atoms with van der Waals surface area (Å²) in [5, 5.41) is 13.6. The Labute approximate surface area is 113 Å². The Balaban J connectivity index is 2.46. The van der Waals surface area contributed by atoms with E-state index in [1.165, 1.54) is 19.3 Å². The van der Waals surface area contributed by atoms with Crippen molar-refractivity contribution in [3.8, 4) is 0 Å². The molecule has 1 aliphatic rings. The van der Waals surface area contributed by atoms with Crippen molar-refractivity contribution in [2.75, 3.05) is 32.7 Å². The van der Waals surface area contributed by atoms with Gasteiger partial charge in [0.15, 0.2) is 0 Å². The molecule has 3 heteroatoms. The second-order valence-corrected chi connectivity index (χ2v) is 6.70. The lowest BCUT2D eigenvalue weighted by atomic mass is 9.84. The van der Waals surface area contributed by atoms with Gasteiger partial charge in [-0.25, -0.2) is 0 Å². The van der Waals surface area contributed by atoms with E-state index in [2.05, 4.69) is 31.0 Å². The molecule has 0 spiro atoms. The Kier molecular flexibility index (Phi) is 6.09. The van der Waals surface area contributed by atoms with Crippen molar-refractivity contribution in [3.63, 3.8) is 0 Å². The van der Waals surface area contributed by atoms with E-state index in [9.17, 15) is 5.11 Å². The van der Waals surface area contributed by atoms with Crippen LogP contribution in [0.15, 0.2) is 0 Å². The molecular formula is C15H32N2O. The third kappa shape index (κ3) is 5.25. The Bertz CT molecular complexity index is 243. The third-order valence-corrected chi connectivity index (χ3v) is 3.97. The van der Waals surface area contributed by atoms with Crippen molar-refractivity contribution in [2.45, 2.75) is 59.0 Å². The van der Waals surface area contributed by atoms with Crippen LogP contribution in [0.25, 0.3) is 0 Å². The first-order valence-corrected chi connectivity index (χ1v) is 7.56. The van der Waals surface area contributed by atoms with Gasteiger partial charge in [-0.05, 0) is 38.1 Å². The zero-order chi connectivity index (χ0) is 13.6. The van der Waals surface area contributed by atoms with Gasteiger partial charge in [-0.1, -0.05) is 27.2 Å². The normalized spacial score (nSPS) is 28.5. The number of likely N-dealkylation sites (tertiary alicyclic amines) is 1. The largest absolute Gasteiger partial charge is 0.389 e. The zero-order valence-electron chi connectivity index (χ0n) is 12.8. The fourth-order valence-corrected chi connectivity index (χ4v) is 3.11. The van der Waals surface area contributed by atoms with Crippen LogP contribution in [0.3, 0.4) is 0 Å². The second-order valence-electron chi connectivity index (χ2n) is 6.70. The molecule has 1 saturated heterocycles. The molecule has 1 fully saturated rings. The lowest BCUT2D eigenvalue weighted by Crippen LogP contribution is -2.43. The zero-order valence-corrected chi connectivity index (χ0v) is 12.8. The van der Waals surface area contributed by atoms with Gasteiger partial charge in [-0.3, -0.25) is 4.90 Å². The predicted octanol–water partition coefficient (Wildman–Crippen LogP) is 2.25. The summed E-state index contributed by atoms with van der Waals surface area (Å²) in [5.74, 6) is 0. The van der Waals surface area contributed by atoms with Crippen LogP contribution in [0.2, 0.25) is 0 Å². The number of hydrogen-bond acceptors (Lipinski definition) is 3. The fourth-order valence-electron chi connectivity index (χ4n) is 3.11. The maximum Gasteiger partial charge on any atom is 0.0758 e. The number of β-amino-alcohol motifs (C(OH)–C–C–N with tert-alkyl or cyclic N) is 1. The average Bonchev–Trinajstić information content (AvgIpc) is 2.58. The summed E-state index contributed by atoms with van der Waals surface area (Å²) in [6.45, 7) is 14.0. The molecule has 2 N–H and O–H groups in total. The molecule has 1 heterocycles. The van der Waals surface area contributed by atoms with Crippen LogP contribution in [0.1, 0.15) is 53.4 Å². The van der Waals surface area contributed by atoms with Crippen LogP contribution in [-0.4, -0.2) is 48.3 Å². The van der Waals surface area contributed by atoms with Crippen LogP contribution in [0, 0.1) is 5.41 Å². The van der Waals surface area contributed by atoms with E-state index in [-0.39, 0.29) is 0 Å². The number of rotatable bonds is 8. The Morgan fingerprint density at radius 1 is 1.33 bits per heavy atom. The first kappa shape index (κ1) is 15.9. The van der Waals surface area contributed by atoms with Gasteiger partial charge in [0.2, 0.25) is 0 Å². The smallest absolute Gasteiger partial charge is 0.0758 e. The highest BCUT2D eigenvalue weighted by Crippen LogP contribution is 2.28. The molecule has 0 amide bonds. The molecular weight excluding hydrogens is 224 g/mol. The number of aliphatic hydroxyl groups is 1. The van der Waals surface area contributed by atoms with Gasteiger partial charge in [0.05, 0.1) is 5.60 Å². The standard InChI is InChI=1S/C15H32N2O/c1-5-7-14(3,11-16-9-6-2)12-17-10-8-15(4,18)13-17/h16,18H,5-13H2,1-4H3. The molecule has 0 aromatic rings. The molecule has 1 aliphatic heterocycles. The summed E-state index contributed by atoms with van der Waals surface area (Å²) in [7, 11) is 0. The maximum absolute atomic E-state index is 10.0. The van der Waals surface area contributed by atoms with E-state index in [0.717, 1.165) is 39.1 Å². The lowest BCUT2D eigenvalue weighted by molar-refractivity contribution is 0.0609. The number of hydrogen-bond donors (Lipinski definition) is 2. The summed E-state index contributed by atoms with van der Waals surface area (Å²) in [5.41, 5.74) is -0.131. The molecule has 2 atom stereocenters. The molecule has 3 nitrogen and oxygen atoms in total. The van der Waals surface area contributed by atoms with E-state index >= 15 is 0 Å². The monoisotopic (exact) mass is 256 g/mol. The number of nitrogens with zero attached hydrogens (tertiary/aromatic N) is 1. The van der Waals surface area contributed by atoms with Gasteiger partial charge in [-0.15, -0.1) is 0 Å². The third-order valence-electron chi connectivity index (χ3n) is 3.97. The molecule has 108 valence electrons. The van der Waals surface area contributed by atoms with Gasteiger partial charge in [0.25, 0.3) is 0 Å². The molecule has 0 aromatic carbocycles. The van der Waals surface area contributed by atoms with E-state index in [1.54, 1.807) is 0 Å². The molecule has 0 radical (unpaired) electrons. The summed E-state index contributed by atoms with van der Waals surface area (Å²) in [6, 6.07) is 0. The molecule has 1 rings (SSSR count). The van der Waals surface area contributed by atoms with Crippen LogP contribution in [-0.2, 0) is 0 Å². The minimum absolute atomic E-state index is 0.338. The van der Waals surface area contributed by atoms with Crippen molar-refractivity contribution >= 4 is 0 Å². The first-order chi connectivity index (χ1) is 8.41. The van der Waals surface area contributed by atoms with Gasteiger partial charge >= 0.3 is 0 Å². The van der Waals surface area contributed by atoms with E-state index < -0.39 is 5.60 Å². The Hall–Kier alpha value is -0.120. The van der Waals surface area contributed by atoms with Crippen molar-refractivity contribution in [3.05, 3.63) is 0 Å². The minimum Gasteiger partial charge on any atom is -0.389 e. The van der Waals surface area contributed by atoms with Crippen LogP contribution in [0.4, 0.5) is 0 Å². The average molecular weight is 256 g/mol. The number of nitrogens with one attached hydrogen (secondary N) is 1. The van der Waals surface area contributed by atoms with E-state index in [0.29, 0.717) is 5.41 Å². The molecule has 0 bridgehead atoms. The topological polar surface area (TPSA) is 35.5 Å². The SMILES string of the molecule is CCCNCC(C)(CCC)CN1CCC(C)(O)C1. The van der Waals surface area contributed by atoms with Gasteiger partial charge in [-0.2, -0.15) is 0 Å². The molecule has 0 aromatic heterocycles. The summed E-state index contributed by atoms with van der Waals surface area (Å²) in [6.07, 6.45) is 4.59. The minimum atomic E-state index is -0.468. The molecule has 2 unspecified atom stereocenters. The van der Waals surface area contributed by atoms with Crippen LogP contribution >= 0.6 is 0 Å². The second kappa shape index (κ2) is 6.88. The molecule has 0 aliphatic carbocycles. The fraction of sp³-hybridized carbons (Fsp3) is 1.00. The quantitative estimate of drug-likeness (QED) is 0.654. The van der Waals surface area contributed by atoms with Crippen LogP contribution in [0.5, 0.6) is 0 Å². The van der Waals surface area contributed by atoms with Crippen molar-refractivity contribution in [1.82, 2.24) is 10.2 Å². The van der Waals surface area contributed by atoms with Crippen molar-refractivity contribution < 1.29 is 5.11 Å².